The molecule has 4 nitrogen and oxygen atoms in total. The first-order chi connectivity index (χ1) is 9.16. The summed E-state index contributed by atoms with van der Waals surface area (Å²) in [6.07, 6.45) is 4.16. The molecule has 0 aliphatic carbocycles. The van der Waals surface area contributed by atoms with E-state index in [9.17, 15) is 4.79 Å². The summed E-state index contributed by atoms with van der Waals surface area (Å²) in [5.41, 5.74) is 3.93. The Balaban J connectivity index is 1.71. The first-order valence-electron chi connectivity index (χ1n) is 6.96. The lowest BCUT2D eigenvalue weighted by Crippen LogP contribution is -2.12. The van der Waals surface area contributed by atoms with Gasteiger partial charge in [-0.2, -0.15) is 0 Å². The zero-order valence-corrected chi connectivity index (χ0v) is 11.5. The average molecular weight is 262 g/mol. The van der Waals surface area contributed by atoms with Crippen molar-refractivity contribution in [2.45, 2.75) is 32.1 Å². The van der Waals surface area contributed by atoms with Crippen LogP contribution in [-0.4, -0.2) is 31.2 Å². The van der Waals surface area contributed by atoms with Crippen molar-refractivity contribution in [3.8, 4) is 0 Å². The number of carbonyl (C=O) groups is 1. The number of hydrogen-bond acceptors (Lipinski definition) is 3. The van der Waals surface area contributed by atoms with Gasteiger partial charge in [0.1, 0.15) is 0 Å². The highest BCUT2D eigenvalue weighted by Gasteiger charge is 2.15. The number of anilines is 2. The predicted octanol–water partition coefficient (Wildman–Crippen LogP) is 2.74. The Bertz CT molecular complexity index is 446. The molecular weight excluding hydrogens is 240 g/mol. The number of benzene rings is 1. The van der Waals surface area contributed by atoms with E-state index >= 15 is 0 Å². The zero-order valence-electron chi connectivity index (χ0n) is 11.5. The van der Waals surface area contributed by atoms with Gasteiger partial charge in [0.25, 0.3) is 0 Å². The predicted molar refractivity (Wildman–Crippen MR) is 78.0 cm³/mol. The fraction of sp³-hybridized carbons (Fsp3) is 0.533. The van der Waals surface area contributed by atoms with Crippen molar-refractivity contribution in [1.29, 1.82) is 0 Å². The van der Waals surface area contributed by atoms with E-state index in [0.717, 1.165) is 38.8 Å². The number of likely N-dealkylation sites (N-methyl/N-ethyl adjacent to an activating group) is 1. The first-order valence-corrected chi connectivity index (χ1v) is 6.96. The molecule has 19 heavy (non-hydrogen) atoms. The van der Waals surface area contributed by atoms with Crippen LogP contribution in [0.2, 0.25) is 0 Å². The zero-order chi connectivity index (χ0) is 13.7. The quantitative estimate of drug-likeness (QED) is 0.742. The minimum atomic E-state index is -0.698. The van der Waals surface area contributed by atoms with Crippen LogP contribution in [0, 0.1) is 0 Å². The summed E-state index contributed by atoms with van der Waals surface area (Å²) < 4.78 is 0. The Labute approximate surface area is 114 Å². The summed E-state index contributed by atoms with van der Waals surface area (Å²) in [6.45, 7) is 2.02. The fourth-order valence-corrected chi connectivity index (χ4v) is 2.49. The lowest BCUT2D eigenvalue weighted by Gasteiger charge is -2.13. The molecule has 104 valence electrons. The van der Waals surface area contributed by atoms with Crippen molar-refractivity contribution >= 4 is 17.3 Å². The molecule has 0 unspecified atom stereocenters. The van der Waals surface area contributed by atoms with Gasteiger partial charge in [-0.15, -0.1) is 0 Å². The number of unbranched alkanes of at least 4 members (excludes halogenated alkanes) is 2. The molecule has 0 amide bonds. The van der Waals surface area contributed by atoms with Crippen molar-refractivity contribution in [2.24, 2.45) is 0 Å². The number of hydrogen-bond donors (Lipinski definition) is 2. The summed E-state index contributed by atoms with van der Waals surface area (Å²) in [5, 5.41) is 12.0. The Morgan fingerprint density at radius 1 is 1.37 bits per heavy atom. The molecule has 0 radical (unpaired) electrons. The third-order valence-electron chi connectivity index (χ3n) is 3.60. The third-order valence-corrected chi connectivity index (χ3v) is 3.60. The smallest absolute Gasteiger partial charge is 0.303 e. The minimum absolute atomic E-state index is 0.283. The molecule has 0 bridgehead atoms. The average Bonchev–Trinajstić information content (AvgIpc) is 2.75. The number of nitrogens with zero attached hydrogens (tertiary/aromatic N) is 1. The summed E-state index contributed by atoms with van der Waals surface area (Å²) in [6, 6.07) is 6.53. The molecule has 1 aromatic carbocycles. The largest absolute Gasteiger partial charge is 0.481 e. The highest BCUT2D eigenvalue weighted by molar-refractivity contribution is 5.66. The monoisotopic (exact) mass is 262 g/mol. The maximum atomic E-state index is 10.4. The Morgan fingerprint density at radius 2 is 2.21 bits per heavy atom. The molecule has 2 rings (SSSR count). The van der Waals surface area contributed by atoms with E-state index in [-0.39, 0.29) is 6.42 Å². The van der Waals surface area contributed by atoms with Gasteiger partial charge in [0.15, 0.2) is 0 Å². The second kappa shape index (κ2) is 6.45. The number of nitrogens with one attached hydrogen (secondary N) is 1. The summed E-state index contributed by atoms with van der Waals surface area (Å²) >= 11 is 0. The Morgan fingerprint density at radius 3 is 3.00 bits per heavy atom. The molecule has 0 saturated heterocycles. The molecular formula is C15H22N2O2. The first kappa shape index (κ1) is 13.7. The number of rotatable bonds is 7. The summed E-state index contributed by atoms with van der Waals surface area (Å²) in [7, 11) is 2.13. The Hall–Kier alpha value is -1.71. The van der Waals surface area contributed by atoms with E-state index in [4.69, 9.17) is 5.11 Å². The molecule has 1 aliphatic heterocycles. The van der Waals surface area contributed by atoms with Gasteiger partial charge in [-0.25, -0.2) is 0 Å². The maximum absolute atomic E-state index is 10.4. The fourth-order valence-electron chi connectivity index (χ4n) is 2.49. The topological polar surface area (TPSA) is 52.6 Å². The number of carboxylic acids is 1. The van der Waals surface area contributed by atoms with Crippen LogP contribution in [0.4, 0.5) is 11.4 Å². The van der Waals surface area contributed by atoms with Crippen LogP contribution in [0.15, 0.2) is 18.2 Å². The van der Waals surface area contributed by atoms with Crippen molar-refractivity contribution in [1.82, 2.24) is 0 Å². The van der Waals surface area contributed by atoms with E-state index in [1.54, 1.807) is 0 Å². The van der Waals surface area contributed by atoms with E-state index in [0.29, 0.717) is 0 Å². The van der Waals surface area contributed by atoms with Gasteiger partial charge in [-0.05, 0) is 43.0 Å². The second-order valence-electron chi connectivity index (χ2n) is 5.15. The molecule has 0 saturated carbocycles. The molecule has 0 fully saturated rings. The highest BCUT2D eigenvalue weighted by Crippen LogP contribution is 2.29. The Kier molecular flexibility index (Phi) is 4.66. The van der Waals surface area contributed by atoms with E-state index < -0.39 is 5.97 Å². The molecule has 0 aromatic heterocycles. The summed E-state index contributed by atoms with van der Waals surface area (Å²) in [4.78, 5) is 12.7. The minimum Gasteiger partial charge on any atom is -0.481 e. The number of fused-ring (bicyclic) bond motifs is 1. The molecule has 4 heteroatoms. The van der Waals surface area contributed by atoms with Crippen LogP contribution in [0.5, 0.6) is 0 Å². The molecule has 1 aromatic rings. The van der Waals surface area contributed by atoms with Crippen molar-refractivity contribution in [3.05, 3.63) is 23.8 Å². The van der Waals surface area contributed by atoms with E-state index in [1.807, 2.05) is 0 Å². The van der Waals surface area contributed by atoms with Crippen LogP contribution in [-0.2, 0) is 11.2 Å². The van der Waals surface area contributed by atoms with Gasteiger partial charge in [-0.1, -0.05) is 6.42 Å². The highest BCUT2D eigenvalue weighted by atomic mass is 16.4. The van der Waals surface area contributed by atoms with Crippen LogP contribution in [0.3, 0.4) is 0 Å². The SMILES string of the molecule is CN1CCc2cc(NCCCCCC(=O)O)ccc21. The van der Waals surface area contributed by atoms with Crippen LogP contribution >= 0.6 is 0 Å². The molecule has 0 spiro atoms. The van der Waals surface area contributed by atoms with E-state index in [2.05, 4.69) is 35.5 Å². The molecule has 2 N–H and O–H groups in total. The van der Waals surface area contributed by atoms with Crippen molar-refractivity contribution in [2.75, 3.05) is 30.4 Å². The van der Waals surface area contributed by atoms with Gasteiger partial charge in [0.05, 0.1) is 0 Å². The van der Waals surface area contributed by atoms with Gasteiger partial charge < -0.3 is 15.3 Å². The maximum Gasteiger partial charge on any atom is 0.303 e. The molecule has 1 aliphatic rings. The normalized spacial score (nSPS) is 13.4. The molecule has 1 heterocycles. The van der Waals surface area contributed by atoms with Gasteiger partial charge >= 0.3 is 5.97 Å². The van der Waals surface area contributed by atoms with Crippen LogP contribution in [0.1, 0.15) is 31.2 Å². The van der Waals surface area contributed by atoms with E-state index in [1.165, 1.54) is 16.9 Å². The van der Waals surface area contributed by atoms with Crippen molar-refractivity contribution in [3.63, 3.8) is 0 Å². The number of carboxylic acid groups (broad SMARTS) is 1. The molecule has 0 atom stereocenters. The van der Waals surface area contributed by atoms with Crippen molar-refractivity contribution < 1.29 is 9.90 Å². The van der Waals surface area contributed by atoms with Gasteiger partial charge in [0.2, 0.25) is 0 Å². The lowest BCUT2D eigenvalue weighted by molar-refractivity contribution is -0.137. The lowest BCUT2D eigenvalue weighted by atomic mass is 10.1. The van der Waals surface area contributed by atoms with Gasteiger partial charge in [0, 0.05) is 37.9 Å². The summed E-state index contributed by atoms with van der Waals surface area (Å²) in [5.74, 6) is -0.698. The standard InChI is InChI=1S/C15H22N2O2/c1-17-10-8-12-11-13(6-7-14(12)17)16-9-4-2-3-5-15(18)19/h6-7,11,16H,2-5,8-10H2,1H3,(H,18,19). The third kappa shape index (κ3) is 3.88. The number of aliphatic carboxylic acids is 1. The van der Waals surface area contributed by atoms with Crippen LogP contribution in [0.25, 0.3) is 0 Å². The van der Waals surface area contributed by atoms with Gasteiger partial charge in [-0.3, -0.25) is 4.79 Å². The second-order valence-corrected chi connectivity index (χ2v) is 5.15. The van der Waals surface area contributed by atoms with Crippen LogP contribution < -0.4 is 10.2 Å².